The van der Waals surface area contributed by atoms with E-state index in [0.29, 0.717) is 11.5 Å². The van der Waals surface area contributed by atoms with Crippen molar-refractivity contribution in [2.75, 3.05) is 9.80 Å². The largest absolute Gasteiger partial charge is 0.318 e. The first-order valence-electron chi connectivity index (χ1n) is 32.6. The van der Waals surface area contributed by atoms with Crippen LogP contribution in [0.1, 0.15) is 0 Å². The van der Waals surface area contributed by atoms with Gasteiger partial charge in [-0.3, -0.25) is 0 Å². The highest BCUT2D eigenvalue weighted by Gasteiger charge is 2.44. The standard InChI is InChI=1S/C89H57BN6/c1-91-78-37-22-36-74(89-92-79(65-31-16-6-17-32-65)58-80(93-89)66-33-18-7-19-34-66)88(78)96-81-38-21-20-35-73(81)75-53-67(43-50-82(75)96)70-56-85-87-86(57-70)95(72-48-41-64(42-49-72)60-25-10-3-11-26-60)84-52-45-69(62-29-14-5-15-30-62)55-77(84)90(87)76-54-68(61-27-12-4-13-28-61)44-51-83(76)94(85)71-46-39-63(40-47-71)59-23-8-2-9-24-59/h2-58H. The Kier molecular flexibility index (Phi) is 13.6. The van der Waals surface area contributed by atoms with Crippen LogP contribution in [-0.2, 0) is 0 Å². The summed E-state index contributed by atoms with van der Waals surface area (Å²) in [6.45, 7) is 8.64. The number of aromatic nitrogens is 3. The summed E-state index contributed by atoms with van der Waals surface area (Å²) in [4.78, 5) is 20.0. The summed E-state index contributed by atoms with van der Waals surface area (Å²) >= 11 is 0. The molecule has 2 aliphatic rings. The van der Waals surface area contributed by atoms with Crippen molar-refractivity contribution in [1.82, 2.24) is 14.5 Å². The molecule has 18 rings (SSSR count). The molecule has 0 fully saturated rings. The smallest absolute Gasteiger partial charge is 0.252 e. The minimum Gasteiger partial charge on any atom is -0.318 e. The van der Waals surface area contributed by atoms with Crippen molar-refractivity contribution in [2.24, 2.45) is 0 Å². The third kappa shape index (κ3) is 9.58. The molecule has 14 aromatic carbocycles. The van der Waals surface area contributed by atoms with Crippen molar-refractivity contribution < 1.29 is 0 Å². The van der Waals surface area contributed by atoms with Gasteiger partial charge in [-0.05, 0) is 145 Å². The van der Waals surface area contributed by atoms with Crippen molar-refractivity contribution >= 4 is 84.7 Å². The monoisotopic (exact) mass is 1220 g/mol. The molecule has 446 valence electrons. The molecule has 0 atom stereocenters. The van der Waals surface area contributed by atoms with Crippen LogP contribution in [-0.4, -0.2) is 21.2 Å². The summed E-state index contributed by atoms with van der Waals surface area (Å²) in [5, 5.41) is 2.12. The Bertz CT molecular complexity index is 5440. The Balaban J connectivity index is 0.885. The molecule has 7 heteroatoms. The Hall–Kier alpha value is -12.9. The molecule has 4 heterocycles. The van der Waals surface area contributed by atoms with Crippen molar-refractivity contribution in [1.29, 1.82) is 0 Å². The second-order valence-corrected chi connectivity index (χ2v) is 24.7. The van der Waals surface area contributed by atoms with E-state index in [0.717, 1.165) is 112 Å². The predicted molar refractivity (Wildman–Crippen MR) is 400 cm³/mol. The third-order valence-corrected chi connectivity index (χ3v) is 19.2. The summed E-state index contributed by atoms with van der Waals surface area (Å²) in [7, 11) is 0. The molecule has 0 bridgehead atoms. The molecule has 0 unspecified atom stereocenters. The van der Waals surface area contributed by atoms with Crippen LogP contribution >= 0.6 is 0 Å². The lowest BCUT2D eigenvalue weighted by Crippen LogP contribution is -2.61. The number of fused-ring (bicyclic) bond motifs is 7. The van der Waals surface area contributed by atoms with Crippen LogP contribution in [0.25, 0.3) is 122 Å². The van der Waals surface area contributed by atoms with E-state index in [2.05, 4.69) is 316 Å². The predicted octanol–water partition coefficient (Wildman–Crippen LogP) is 21.5. The molecule has 0 saturated heterocycles. The SMILES string of the molecule is [C-]#[N+]c1cccc(-c2nc(-c3ccccc3)cc(-c3ccccc3)n2)c1-n1c2ccccc2c2cc(-c3cc4c5c(c3)N(c3ccc(-c6ccccc6)cc3)c3ccc(-c6ccccc6)cc3B5c3cc(-c5ccccc5)ccc3N4c3ccc(-c4ccccc4)cc3)ccc21. The van der Waals surface area contributed by atoms with Gasteiger partial charge >= 0.3 is 0 Å². The fourth-order valence-corrected chi connectivity index (χ4v) is 14.7. The van der Waals surface area contributed by atoms with Crippen molar-refractivity contribution in [3.05, 3.63) is 357 Å². The molecular formula is C89H57BN6. The lowest BCUT2D eigenvalue weighted by Gasteiger charge is -2.44. The highest BCUT2D eigenvalue weighted by atomic mass is 15.2. The molecule has 0 spiro atoms. The van der Waals surface area contributed by atoms with Crippen LogP contribution in [0.3, 0.4) is 0 Å². The highest BCUT2D eigenvalue weighted by Crippen LogP contribution is 2.49. The van der Waals surface area contributed by atoms with Crippen molar-refractivity contribution in [3.63, 3.8) is 0 Å². The zero-order valence-electron chi connectivity index (χ0n) is 52.2. The number of nitrogens with zero attached hydrogens (tertiary/aromatic N) is 6. The maximum absolute atomic E-state index is 8.81. The number of benzene rings is 14. The van der Waals surface area contributed by atoms with Gasteiger partial charge in [-0.15, -0.1) is 0 Å². The van der Waals surface area contributed by atoms with Crippen LogP contribution in [0, 0.1) is 6.57 Å². The maximum Gasteiger partial charge on any atom is 0.252 e. The first kappa shape index (κ1) is 55.9. The average molecular weight is 1220 g/mol. The minimum absolute atomic E-state index is 0.167. The lowest BCUT2D eigenvalue weighted by molar-refractivity contribution is 1.14. The fraction of sp³-hybridized carbons (Fsp3) is 0. The molecule has 96 heavy (non-hydrogen) atoms. The molecule has 0 amide bonds. The van der Waals surface area contributed by atoms with Crippen LogP contribution in [0.4, 0.5) is 39.8 Å². The summed E-state index contributed by atoms with van der Waals surface area (Å²) in [5.74, 6) is 0.536. The van der Waals surface area contributed by atoms with Gasteiger partial charge in [0.2, 0.25) is 5.69 Å². The quantitative estimate of drug-likeness (QED) is 0.0956. The van der Waals surface area contributed by atoms with E-state index in [1.165, 1.54) is 49.8 Å². The number of rotatable bonds is 11. The van der Waals surface area contributed by atoms with Gasteiger partial charge in [0, 0.05) is 61.6 Å². The Labute approximate surface area is 558 Å². The van der Waals surface area contributed by atoms with Crippen LogP contribution < -0.4 is 26.2 Å². The molecule has 0 radical (unpaired) electrons. The second-order valence-electron chi connectivity index (χ2n) is 24.7. The lowest BCUT2D eigenvalue weighted by atomic mass is 9.33. The zero-order valence-corrected chi connectivity index (χ0v) is 52.2. The van der Waals surface area contributed by atoms with E-state index in [-0.39, 0.29) is 6.71 Å². The van der Waals surface area contributed by atoms with Crippen LogP contribution in [0.15, 0.2) is 346 Å². The van der Waals surface area contributed by atoms with Gasteiger partial charge in [0.1, 0.15) is 0 Å². The van der Waals surface area contributed by atoms with E-state index >= 15 is 0 Å². The summed E-state index contributed by atoms with van der Waals surface area (Å²) in [6, 6.07) is 124. The maximum atomic E-state index is 8.81. The first-order chi connectivity index (χ1) is 47.6. The van der Waals surface area contributed by atoms with Gasteiger partial charge in [-0.1, -0.05) is 273 Å². The molecule has 16 aromatic rings. The molecule has 0 N–H and O–H groups in total. The number of para-hydroxylation sites is 2. The van der Waals surface area contributed by atoms with Crippen molar-refractivity contribution in [3.8, 4) is 95.2 Å². The fourth-order valence-electron chi connectivity index (χ4n) is 14.7. The topological polar surface area (TPSA) is 41.6 Å². The van der Waals surface area contributed by atoms with E-state index in [9.17, 15) is 0 Å². The van der Waals surface area contributed by atoms with E-state index < -0.39 is 0 Å². The second kappa shape index (κ2) is 23.3. The van der Waals surface area contributed by atoms with E-state index in [1.807, 2.05) is 48.5 Å². The van der Waals surface area contributed by atoms with Gasteiger partial charge in [-0.25, -0.2) is 14.8 Å². The molecule has 6 nitrogen and oxygen atoms in total. The Morgan fingerprint density at radius 3 is 1.17 bits per heavy atom. The Morgan fingerprint density at radius 2 is 0.688 bits per heavy atom. The van der Waals surface area contributed by atoms with E-state index in [1.54, 1.807) is 0 Å². The number of hydrogen-bond acceptors (Lipinski definition) is 4. The molecule has 0 aliphatic carbocycles. The van der Waals surface area contributed by atoms with E-state index in [4.69, 9.17) is 16.5 Å². The molecule has 2 aromatic heterocycles. The summed E-state index contributed by atoms with van der Waals surface area (Å²) < 4.78 is 2.27. The Morgan fingerprint density at radius 1 is 0.292 bits per heavy atom. The third-order valence-electron chi connectivity index (χ3n) is 19.2. The number of anilines is 6. The highest BCUT2D eigenvalue weighted by molar-refractivity contribution is 7.00. The van der Waals surface area contributed by atoms with Gasteiger partial charge in [0.05, 0.1) is 34.7 Å². The van der Waals surface area contributed by atoms with Crippen LogP contribution in [0.5, 0.6) is 0 Å². The summed E-state index contributed by atoms with van der Waals surface area (Å²) in [5.41, 5.74) is 29.2. The van der Waals surface area contributed by atoms with Gasteiger partial charge in [0.25, 0.3) is 6.71 Å². The molecule has 0 saturated carbocycles. The zero-order chi connectivity index (χ0) is 63.6. The first-order valence-corrected chi connectivity index (χ1v) is 32.6. The molecular weight excluding hydrogens is 1160 g/mol. The normalized spacial score (nSPS) is 12.1. The number of hydrogen-bond donors (Lipinski definition) is 0. The summed E-state index contributed by atoms with van der Waals surface area (Å²) in [6.07, 6.45) is 0. The average Bonchev–Trinajstić information content (AvgIpc) is 0.746. The molecule has 2 aliphatic heterocycles. The minimum atomic E-state index is -0.167. The van der Waals surface area contributed by atoms with Crippen LogP contribution in [0.2, 0.25) is 0 Å². The van der Waals surface area contributed by atoms with Gasteiger partial charge in [-0.2, -0.15) is 0 Å². The van der Waals surface area contributed by atoms with Crippen molar-refractivity contribution in [2.45, 2.75) is 0 Å². The van der Waals surface area contributed by atoms with Gasteiger partial charge < -0.3 is 14.4 Å². The van der Waals surface area contributed by atoms with Gasteiger partial charge in [0.15, 0.2) is 5.82 Å².